The Labute approximate surface area is 120 Å². The molecular formula is C16H24N2O2. The average molecular weight is 276 g/mol. The highest BCUT2D eigenvalue weighted by Gasteiger charge is 2.25. The van der Waals surface area contributed by atoms with Crippen LogP contribution in [-0.2, 0) is 4.79 Å². The van der Waals surface area contributed by atoms with Gasteiger partial charge in [0.25, 0.3) is 0 Å². The smallest absolute Gasteiger partial charge is 0.227 e. The molecule has 1 heterocycles. The summed E-state index contributed by atoms with van der Waals surface area (Å²) < 4.78 is 5.21. The van der Waals surface area contributed by atoms with Crippen molar-refractivity contribution in [1.29, 1.82) is 0 Å². The highest BCUT2D eigenvalue weighted by Crippen LogP contribution is 2.21. The molecule has 3 atom stereocenters. The minimum atomic E-state index is -0.167. The molecule has 1 aliphatic heterocycles. The van der Waals surface area contributed by atoms with Crippen molar-refractivity contribution in [2.24, 2.45) is 0 Å². The molecule has 20 heavy (non-hydrogen) atoms. The van der Waals surface area contributed by atoms with Gasteiger partial charge in [0.05, 0.1) is 13.0 Å². The Morgan fingerprint density at radius 3 is 3.00 bits per heavy atom. The van der Waals surface area contributed by atoms with Crippen LogP contribution in [0.5, 0.6) is 5.75 Å². The van der Waals surface area contributed by atoms with Gasteiger partial charge in [0.2, 0.25) is 5.91 Å². The number of carbonyl (C=O) groups excluding carboxylic acids is 1. The van der Waals surface area contributed by atoms with E-state index in [1.54, 1.807) is 7.11 Å². The molecule has 4 heteroatoms. The maximum Gasteiger partial charge on any atom is 0.227 e. The number of methoxy groups -OCH3 is 1. The number of hydrogen-bond donors (Lipinski definition) is 2. The van der Waals surface area contributed by atoms with E-state index in [4.69, 9.17) is 4.74 Å². The van der Waals surface area contributed by atoms with Crippen molar-refractivity contribution in [1.82, 2.24) is 10.6 Å². The number of rotatable bonds is 4. The van der Waals surface area contributed by atoms with Crippen molar-refractivity contribution in [3.05, 3.63) is 29.8 Å². The van der Waals surface area contributed by atoms with Crippen molar-refractivity contribution >= 4 is 5.91 Å². The van der Waals surface area contributed by atoms with Crippen LogP contribution in [0.1, 0.15) is 38.2 Å². The third-order valence-corrected chi connectivity index (χ3v) is 4.08. The normalized spacial score (nSPS) is 23.9. The molecule has 1 aromatic carbocycles. The summed E-state index contributed by atoms with van der Waals surface area (Å²) in [7, 11) is 1.64. The molecule has 0 spiro atoms. The SMILES string of the molecule is COc1cccc(C(C)C(=O)NC2CCCNC2C)c1. The number of carbonyl (C=O) groups is 1. The molecule has 0 saturated carbocycles. The van der Waals surface area contributed by atoms with Gasteiger partial charge in [-0.3, -0.25) is 4.79 Å². The molecule has 0 aromatic heterocycles. The Morgan fingerprint density at radius 1 is 1.50 bits per heavy atom. The zero-order chi connectivity index (χ0) is 14.5. The quantitative estimate of drug-likeness (QED) is 0.885. The number of ether oxygens (including phenoxy) is 1. The van der Waals surface area contributed by atoms with Crippen LogP contribution < -0.4 is 15.4 Å². The number of amides is 1. The molecule has 4 nitrogen and oxygen atoms in total. The average Bonchev–Trinajstić information content (AvgIpc) is 2.48. The van der Waals surface area contributed by atoms with Gasteiger partial charge >= 0.3 is 0 Å². The first-order valence-electron chi connectivity index (χ1n) is 7.29. The lowest BCUT2D eigenvalue weighted by molar-refractivity contribution is -0.123. The van der Waals surface area contributed by atoms with Crippen LogP contribution in [0.4, 0.5) is 0 Å². The van der Waals surface area contributed by atoms with Crippen molar-refractivity contribution in [2.45, 2.75) is 44.7 Å². The molecule has 0 radical (unpaired) electrons. The fourth-order valence-electron chi connectivity index (χ4n) is 2.61. The van der Waals surface area contributed by atoms with E-state index in [2.05, 4.69) is 17.6 Å². The molecule has 1 fully saturated rings. The predicted molar refractivity (Wildman–Crippen MR) is 80.0 cm³/mol. The zero-order valence-corrected chi connectivity index (χ0v) is 12.5. The topological polar surface area (TPSA) is 50.4 Å². The molecule has 1 aromatic rings. The van der Waals surface area contributed by atoms with Gasteiger partial charge in [0.15, 0.2) is 0 Å². The molecule has 0 aliphatic carbocycles. The molecule has 0 bridgehead atoms. The van der Waals surface area contributed by atoms with Crippen molar-refractivity contribution < 1.29 is 9.53 Å². The molecule has 110 valence electrons. The van der Waals surface area contributed by atoms with Crippen LogP contribution in [0.3, 0.4) is 0 Å². The van der Waals surface area contributed by atoms with Crippen LogP contribution in [-0.4, -0.2) is 31.6 Å². The highest BCUT2D eigenvalue weighted by atomic mass is 16.5. The molecule has 2 N–H and O–H groups in total. The van der Waals surface area contributed by atoms with Gasteiger partial charge in [-0.15, -0.1) is 0 Å². The van der Waals surface area contributed by atoms with Crippen LogP contribution in [0, 0.1) is 0 Å². The van der Waals surface area contributed by atoms with Gasteiger partial charge < -0.3 is 15.4 Å². The molecule has 1 amide bonds. The second-order valence-corrected chi connectivity index (χ2v) is 5.50. The van der Waals surface area contributed by atoms with Gasteiger partial charge in [-0.05, 0) is 50.9 Å². The fraction of sp³-hybridized carbons (Fsp3) is 0.562. The largest absolute Gasteiger partial charge is 0.497 e. The molecule has 1 saturated heterocycles. The Hall–Kier alpha value is -1.55. The van der Waals surface area contributed by atoms with Gasteiger partial charge in [-0.1, -0.05) is 12.1 Å². The van der Waals surface area contributed by atoms with Crippen LogP contribution in [0.15, 0.2) is 24.3 Å². The van der Waals surface area contributed by atoms with E-state index in [0.717, 1.165) is 30.7 Å². The van der Waals surface area contributed by atoms with Gasteiger partial charge in [-0.25, -0.2) is 0 Å². The summed E-state index contributed by atoms with van der Waals surface area (Å²) in [6, 6.07) is 8.26. The summed E-state index contributed by atoms with van der Waals surface area (Å²) in [5.74, 6) is 0.702. The lowest BCUT2D eigenvalue weighted by Crippen LogP contribution is -2.52. The van der Waals surface area contributed by atoms with Gasteiger partial charge in [0.1, 0.15) is 5.75 Å². The summed E-state index contributed by atoms with van der Waals surface area (Å²) in [5, 5.41) is 6.56. The van der Waals surface area contributed by atoms with E-state index in [1.165, 1.54) is 0 Å². The molecule has 1 aliphatic rings. The highest BCUT2D eigenvalue weighted by molar-refractivity contribution is 5.83. The minimum absolute atomic E-state index is 0.0822. The summed E-state index contributed by atoms with van der Waals surface area (Å²) in [6.07, 6.45) is 2.16. The minimum Gasteiger partial charge on any atom is -0.497 e. The van der Waals surface area contributed by atoms with E-state index in [0.29, 0.717) is 6.04 Å². The number of nitrogens with one attached hydrogen (secondary N) is 2. The second-order valence-electron chi connectivity index (χ2n) is 5.50. The Bertz CT molecular complexity index is 462. The first kappa shape index (κ1) is 14.9. The van der Waals surface area contributed by atoms with Crippen LogP contribution in [0.2, 0.25) is 0 Å². The van der Waals surface area contributed by atoms with Gasteiger partial charge in [0, 0.05) is 12.1 Å². The third kappa shape index (κ3) is 3.51. The van der Waals surface area contributed by atoms with E-state index in [1.807, 2.05) is 31.2 Å². The second kappa shape index (κ2) is 6.75. The Morgan fingerprint density at radius 2 is 2.30 bits per heavy atom. The van der Waals surface area contributed by atoms with Crippen LogP contribution in [0.25, 0.3) is 0 Å². The summed E-state index contributed by atoms with van der Waals surface area (Å²) >= 11 is 0. The summed E-state index contributed by atoms with van der Waals surface area (Å²) in [5.41, 5.74) is 0.985. The number of hydrogen-bond acceptors (Lipinski definition) is 3. The Balaban J connectivity index is 2.00. The molecular weight excluding hydrogens is 252 g/mol. The van der Waals surface area contributed by atoms with Crippen LogP contribution >= 0.6 is 0 Å². The fourth-order valence-corrected chi connectivity index (χ4v) is 2.61. The molecule has 3 unspecified atom stereocenters. The van der Waals surface area contributed by atoms with E-state index < -0.39 is 0 Å². The summed E-state index contributed by atoms with van der Waals surface area (Å²) in [4.78, 5) is 12.4. The predicted octanol–water partition coefficient (Wildman–Crippen LogP) is 2.06. The van der Waals surface area contributed by atoms with Crippen molar-refractivity contribution in [3.63, 3.8) is 0 Å². The lowest BCUT2D eigenvalue weighted by Gasteiger charge is -2.31. The van der Waals surface area contributed by atoms with E-state index in [9.17, 15) is 4.79 Å². The zero-order valence-electron chi connectivity index (χ0n) is 12.5. The maximum atomic E-state index is 12.4. The molecule has 2 rings (SSSR count). The summed E-state index contributed by atoms with van der Waals surface area (Å²) in [6.45, 7) is 5.10. The standard InChI is InChI=1S/C16H24N2O2/c1-11(13-6-4-7-14(10-13)20-3)16(19)18-15-8-5-9-17-12(15)2/h4,6-7,10-12,15,17H,5,8-9H2,1-3H3,(H,18,19). The third-order valence-electron chi connectivity index (χ3n) is 4.08. The maximum absolute atomic E-state index is 12.4. The first-order valence-corrected chi connectivity index (χ1v) is 7.29. The lowest BCUT2D eigenvalue weighted by atomic mass is 9.96. The monoisotopic (exact) mass is 276 g/mol. The van der Waals surface area contributed by atoms with E-state index >= 15 is 0 Å². The Kier molecular flexibility index (Phi) is 5.01. The van der Waals surface area contributed by atoms with E-state index in [-0.39, 0.29) is 17.9 Å². The number of piperidine rings is 1. The van der Waals surface area contributed by atoms with Gasteiger partial charge in [-0.2, -0.15) is 0 Å². The number of benzene rings is 1. The first-order chi connectivity index (χ1) is 9.61. The van der Waals surface area contributed by atoms with Crippen molar-refractivity contribution in [3.8, 4) is 5.75 Å². The van der Waals surface area contributed by atoms with Crippen molar-refractivity contribution in [2.75, 3.05) is 13.7 Å².